The second kappa shape index (κ2) is 5.81. The van der Waals surface area contributed by atoms with Crippen molar-refractivity contribution >= 4 is 15.9 Å². The van der Waals surface area contributed by atoms with Crippen LogP contribution in [-0.4, -0.2) is 9.78 Å². The van der Waals surface area contributed by atoms with Crippen LogP contribution in [0.25, 0.3) is 16.9 Å². The Labute approximate surface area is 137 Å². The Bertz CT molecular complexity index is 855. The van der Waals surface area contributed by atoms with E-state index in [2.05, 4.69) is 21.0 Å². The molecule has 23 heavy (non-hydrogen) atoms. The first-order valence-corrected chi connectivity index (χ1v) is 7.32. The highest BCUT2D eigenvalue weighted by molar-refractivity contribution is 9.10. The van der Waals surface area contributed by atoms with Gasteiger partial charge in [-0.1, -0.05) is 6.07 Å². The molecule has 0 bridgehead atoms. The average Bonchev–Trinajstić information content (AvgIpc) is 2.96. The number of benzene rings is 2. The van der Waals surface area contributed by atoms with Gasteiger partial charge in [0.1, 0.15) is 5.82 Å². The van der Waals surface area contributed by atoms with Crippen molar-refractivity contribution in [3.8, 4) is 16.9 Å². The van der Waals surface area contributed by atoms with E-state index in [-0.39, 0.29) is 5.69 Å². The molecule has 1 heterocycles. The maximum atomic E-state index is 13.2. The lowest BCUT2D eigenvalue weighted by Crippen LogP contribution is -2.07. The molecule has 1 aromatic heterocycles. The summed E-state index contributed by atoms with van der Waals surface area (Å²) in [5, 5.41) is 4.08. The van der Waals surface area contributed by atoms with Crippen LogP contribution in [0.5, 0.6) is 0 Å². The molecule has 3 rings (SSSR count). The molecule has 0 amide bonds. The first-order chi connectivity index (χ1) is 10.9. The van der Waals surface area contributed by atoms with Crippen molar-refractivity contribution in [3.05, 3.63) is 70.6 Å². The summed E-state index contributed by atoms with van der Waals surface area (Å²) in [5.74, 6) is -0.411. The van der Waals surface area contributed by atoms with Gasteiger partial charge in [0.05, 0.1) is 23.1 Å². The van der Waals surface area contributed by atoms with Crippen LogP contribution in [0.4, 0.5) is 17.6 Å². The van der Waals surface area contributed by atoms with E-state index in [0.717, 1.165) is 12.1 Å². The lowest BCUT2D eigenvalue weighted by Gasteiger charge is -2.12. The van der Waals surface area contributed by atoms with Gasteiger partial charge in [-0.15, -0.1) is 0 Å². The lowest BCUT2D eigenvalue weighted by molar-refractivity contribution is -0.137. The van der Waals surface area contributed by atoms with E-state index in [1.54, 1.807) is 12.1 Å². The second-order valence-corrected chi connectivity index (χ2v) is 5.65. The van der Waals surface area contributed by atoms with Crippen LogP contribution < -0.4 is 0 Å². The summed E-state index contributed by atoms with van der Waals surface area (Å²) >= 11 is 3.26. The number of alkyl halides is 3. The zero-order chi connectivity index (χ0) is 16.6. The molecule has 3 aromatic rings. The third kappa shape index (κ3) is 3.14. The highest BCUT2D eigenvalue weighted by Crippen LogP contribution is 2.33. The third-order valence-electron chi connectivity index (χ3n) is 3.27. The summed E-state index contributed by atoms with van der Waals surface area (Å²) in [7, 11) is 0. The summed E-state index contributed by atoms with van der Waals surface area (Å²) in [6, 6.07) is 10.6. The Kier molecular flexibility index (Phi) is 3.97. The molecule has 0 aliphatic heterocycles. The van der Waals surface area contributed by atoms with Gasteiger partial charge in [-0.2, -0.15) is 18.3 Å². The van der Waals surface area contributed by atoms with E-state index in [1.165, 1.54) is 35.1 Å². The molecule has 0 saturated carbocycles. The molecule has 0 spiro atoms. The zero-order valence-corrected chi connectivity index (χ0v) is 13.1. The number of rotatable bonds is 2. The molecule has 0 saturated heterocycles. The van der Waals surface area contributed by atoms with Crippen molar-refractivity contribution in [1.29, 1.82) is 0 Å². The van der Waals surface area contributed by atoms with E-state index < -0.39 is 17.6 Å². The summed E-state index contributed by atoms with van der Waals surface area (Å²) in [6.07, 6.45) is -2.95. The van der Waals surface area contributed by atoms with Crippen LogP contribution >= 0.6 is 15.9 Å². The van der Waals surface area contributed by atoms with Crippen molar-refractivity contribution < 1.29 is 17.6 Å². The van der Waals surface area contributed by atoms with Crippen LogP contribution in [-0.2, 0) is 6.18 Å². The van der Waals surface area contributed by atoms with Gasteiger partial charge < -0.3 is 0 Å². The fraction of sp³-hybridized carbons (Fsp3) is 0.0625. The molecule has 0 aliphatic carbocycles. The van der Waals surface area contributed by atoms with Crippen LogP contribution in [0.2, 0.25) is 0 Å². The summed E-state index contributed by atoms with van der Waals surface area (Å²) < 4.78 is 53.7. The minimum Gasteiger partial charge on any atom is -0.233 e. The van der Waals surface area contributed by atoms with Crippen molar-refractivity contribution in [2.75, 3.05) is 0 Å². The second-order valence-electron chi connectivity index (χ2n) is 4.80. The SMILES string of the molecule is Fc1ccc(-c2ccnn2-c2cccc(C(F)(F)F)c2)c(Br)c1. The molecule has 0 atom stereocenters. The Morgan fingerprint density at radius 2 is 1.78 bits per heavy atom. The molecule has 7 heteroatoms. The molecular formula is C16H9BrF4N2. The van der Waals surface area contributed by atoms with E-state index in [9.17, 15) is 17.6 Å². The fourth-order valence-corrected chi connectivity index (χ4v) is 2.78. The average molecular weight is 385 g/mol. The monoisotopic (exact) mass is 384 g/mol. The number of aromatic nitrogens is 2. The molecule has 2 nitrogen and oxygen atoms in total. The van der Waals surface area contributed by atoms with Gasteiger partial charge in [0.2, 0.25) is 0 Å². The Balaban J connectivity index is 2.12. The zero-order valence-electron chi connectivity index (χ0n) is 11.5. The summed E-state index contributed by atoms with van der Waals surface area (Å²) in [4.78, 5) is 0. The maximum absolute atomic E-state index is 13.2. The summed E-state index contributed by atoms with van der Waals surface area (Å²) in [5.41, 5.74) is 0.697. The molecule has 2 aromatic carbocycles. The molecule has 0 fully saturated rings. The van der Waals surface area contributed by atoms with E-state index in [4.69, 9.17) is 0 Å². The van der Waals surface area contributed by atoms with Gasteiger partial charge in [0.25, 0.3) is 0 Å². The van der Waals surface area contributed by atoms with Gasteiger partial charge >= 0.3 is 6.18 Å². The number of hydrogen-bond donors (Lipinski definition) is 0. The first-order valence-electron chi connectivity index (χ1n) is 6.53. The van der Waals surface area contributed by atoms with Crippen LogP contribution in [0.3, 0.4) is 0 Å². The van der Waals surface area contributed by atoms with Gasteiger partial charge in [-0.25, -0.2) is 9.07 Å². The van der Waals surface area contributed by atoms with Crippen molar-refractivity contribution in [1.82, 2.24) is 9.78 Å². The van der Waals surface area contributed by atoms with Gasteiger partial charge in [-0.05, 0) is 58.4 Å². The van der Waals surface area contributed by atoms with E-state index in [1.807, 2.05) is 0 Å². The maximum Gasteiger partial charge on any atom is 0.416 e. The van der Waals surface area contributed by atoms with Crippen molar-refractivity contribution in [2.45, 2.75) is 6.18 Å². The van der Waals surface area contributed by atoms with Gasteiger partial charge in [0, 0.05) is 10.0 Å². The molecular weight excluding hydrogens is 376 g/mol. The van der Waals surface area contributed by atoms with Crippen LogP contribution in [0.1, 0.15) is 5.56 Å². The van der Waals surface area contributed by atoms with Crippen LogP contribution in [0.15, 0.2) is 59.2 Å². The lowest BCUT2D eigenvalue weighted by atomic mass is 10.1. The van der Waals surface area contributed by atoms with Gasteiger partial charge in [-0.3, -0.25) is 0 Å². The first kappa shape index (κ1) is 15.7. The molecule has 0 N–H and O–H groups in total. The largest absolute Gasteiger partial charge is 0.416 e. The fourth-order valence-electron chi connectivity index (χ4n) is 2.22. The molecule has 0 radical (unpaired) electrons. The van der Waals surface area contributed by atoms with Crippen LogP contribution in [0, 0.1) is 5.82 Å². The quantitative estimate of drug-likeness (QED) is 0.536. The Hall–Kier alpha value is -2.15. The minimum absolute atomic E-state index is 0.274. The molecule has 0 unspecified atom stereocenters. The predicted octanol–water partition coefficient (Wildman–Crippen LogP) is 5.46. The van der Waals surface area contributed by atoms with Crippen molar-refractivity contribution in [3.63, 3.8) is 0 Å². The standard InChI is InChI=1S/C16H9BrF4N2/c17-14-9-11(18)4-5-13(14)15-6-7-22-23(15)12-3-1-2-10(8-12)16(19,20)21/h1-9H. The number of nitrogens with zero attached hydrogens (tertiary/aromatic N) is 2. The minimum atomic E-state index is -4.43. The van der Waals surface area contributed by atoms with Gasteiger partial charge in [0.15, 0.2) is 0 Å². The summed E-state index contributed by atoms with van der Waals surface area (Å²) in [6.45, 7) is 0. The normalized spacial score (nSPS) is 11.7. The van der Waals surface area contributed by atoms with Crippen molar-refractivity contribution in [2.24, 2.45) is 0 Å². The van der Waals surface area contributed by atoms with E-state index >= 15 is 0 Å². The highest BCUT2D eigenvalue weighted by Gasteiger charge is 2.30. The molecule has 118 valence electrons. The number of hydrogen-bond acceptors (Lipinski definition) is 1. The number of halogens is 5. The topological polar surface area (TPSA) is 17.8 Å². The van der Waals surface area contributed by atoms with E-state index in [0.29, 0.717) is 15.7 Å². The Morgan fingerprint density at radius 3 is 2.48 bits per heavy atom. The molecule has 0 aliphatic rings. The smallest absolute Gasteiger partial charge is 0.233 e. The Morgan fingerprint density at radius 1 is 1.00 bits per heavy atom. The highest BCUT2D eigenvalue weighted by atomic mass is 79.9. The predicted molar refractivity (Wildman–Crippen MR) is 81.7 cm³/mol. The third-order valence-corrected chi connectivity index (χ3v) is 3.92.